The van der Waals surface area contributed by atoms with Crippen molar-refractivity contribution in [3.63, 3.8) is 0 Å². The molecule has 30 heavy (non-hydrogen) atoms. The summed E-state index contributed by atoms with van der Waals surface area (Å²) in [7, 11) is 0. The van der Waals surface area contributed by atoms with Crippen molar-refractivity contribution in [2.24, 2.45) is 5.92 Å². The van der Waals surface area contributed by atoms with E-state index in [9.17, 15) is 0 Å². The Labute approximate surface area is 179 Å². The van der Waals surface area contributed by atoms with Gasteiger partial charge in [0.05, 0.1) is 5.69 Å². The second-order valence-electron chi connectivity index (χ2n) is 9.51. The first kappa shape index (κ1) is 19.1. The summed E-state index contributed by atoms with van der Waals surface area (Å²) in [6.07, 6.45) is 3.07. The molecule has 150 valence electrons. The fourth-order valence-corrected chi connectivity index (χ4v) is 4.82. The van der Waals surface area contributed by atoms with E-state index in [1.165, 1.54) is 55.3 Å². The Kier molecular flexibility index (Phi) is 4.50. The highest BCUT2D eigenvalue weighted by molar-refractivity contribution is 6.12. The van der Waals surface area contributed by atoms with E-state index in [0.717, 1.165) is 12.1 Å². The van der Waals surface area contributed by atoms with E-state index in [1.807, 2.05) is 6.20 Å². The molecule has 0 saturated heterocycles. The Bertz CT molecular complexity index is 1280. The molecule has 0 radical (unpaired) electrons. The van der Waals surface area contributed by atoms with Crippen LogP contribution in [0.3, 0.4) is 0 Å². The van der Waals surface area contributed by atoms with E-state index < -0.39 is 0 Å². The highest BCUT2D eigenvalue weighted by atomic mass is 14.7. The number of hydrogen-bond acceptors (Lipinski definition) is 1. The van der Waals surface area contributed by atoms with Crippen molar-refractivity contribution in [1.29, 1.82) is 0 Å². The van der Waals surface area contributed by atoms with Gasteiger partial charge in [0.1, 0.15) is 0 Å². The molecule has 5 rings (SSSR count). The fraction of sp³-hybridized carbons (Fsp3) is 0.276. The van der Waals surface area contributed by atoms with Crippen LogP contribution in [0.25, 0.3) is 44.3 Å². The predicted octanol–water partition coefficient (Wildman–Crippen LogP) is 8.18. The minimum Gasteiger partial charge on any atom is -0.256 e. The molecule has 0 unspecified atom stereocenters. The Hall–Kier alpha value is -2.93. The highest BCUT2D eigenvalue weighted by Crippen LogP contribution is 2.48. The van der Waals surface area contributed by atoms with Gasteiger partial charge in [-0.15, -0.1) is 0 Å². The van der Waals surface area contributed by atoms with Crippen LogP contribution >= 0.6 is 0 Å². The fourth-order valence-electron chi connectivity index (χ4n) is 4.82. The van der Waals surface area contributed by atoms with Crippen LogP contribution in [-0.4, -0.2) is 4.98 Å². The molecule has 0 saturated carbocycles. The number of fused-ring (bicyclic) bond motifs is 5. The molecule has 0 bridgehead atoms. The first-order valence-corrected chi connectivity index (χ1v) is 11.1. The monoisotopic (exact) mass is 391 g/mol. The summed E-state index contributed by atoms with van der Waals surface area (Å²) in [5.74, 6) is 1.12. The molecule has 1 nitrogen and oxygen atoms in total. The molecule has 0 atom stereocenters. The van der Waals surface area contributed by atoms with E-state index in [1.54, 1.807) is 0 Å². The van der Waals surface area contributed by atoms with Gasteiger partial charge in [-0.2, -0.15) is 0 Å². The third-order valence-electron chi connectivity index (χ3n) is 6.29. The van der Waals surface area contributed by atoms with Gasteiger partial charge in [-0.05, 0) is 70.0 Å². The van der Waals surface area contributed by atoms with Gasteiger partial charge < -0.3 is 0 Å². The summed E-state index contributed by atoms with van der Waals surface area (Å²) in [6, 6.07) is 20.8. The third-order valence-corrected chi connectivity index (χ3v) is 6.29. The first-order valence-electron chi connectivity index (χ1n) is 11.1. The van der Waals surface area contributed by atoms with Gasteiger partial charge in [-0.1, -0.05) is 81.8 Å². The van der Waals surface area contributed by atoms with E-state index in [2.05, 4.69) is 89.2 Å². The van der Waals surface area contributed by atoms with E-state index in [-0.39, 0.29) is 0 Å². The Morgan fingerprint density at radius 3 is 2.27 bits per heavy atom. The zero-order valence-corrected chi connectivity index (χ0v) is 18.6. The quantitative estimate of drug-likeness (QED) is 0.302. The normalized spacial score (nSPS) is 12.2. The number of aryl methyl sites for hydroxylation is 1. The number of rotatable bonds is 3. The summed E-state index contributed by atoms with van der Waals surface area (Å²) in [5, 5.41) is 2.56. The lowest BCUT2D eigenvalue weighted by Crippen LogP contribution is -1.96. The Morgan fingerprint density at radius 1 is 0.733 bits per heavy atom. The smallest absolute Gasteiger partial charge is 0.0792 e. The van der Waals surface area contributed by atoms with Gasteiger partial charge in [0.2, 0.25) is 0 Å². The van der Waals surface area contributed by atoms with Crippen LogP contribution in [-0.2, 0) is 6.42 Å². The van der Waals surface area contributed by atoms with Crippen LogP contribution < -0.4 is 0 Å². The largest absolute Gasteiger partial charge is 0.256 e. The van der Waals surface area contributed by atoms with Gasteiger partial charge >= 0.3 is 0 Å². The third kappa shape index (κ3) is 3.04. The molecule has 0 aliphatic heterocycles. The topological polar surface area (TPSA) is 12.9 Å². The van der Waals surface area contributed by atoms with Crippen LogP contribution in [0, 0.1) is 12.8 Å². The maximum atomic E-state index is 4.90. The summed E-state index contributed by atoms with van der Waals surface area (Å²) >= 11 is 0. The number of aromatic nitrogens is 1. The molecule has 3 aromatic carbocycles. The molecule has 0 fully saturated rings. The van der Waals surface area contributed by atoms with Crippen molar-refractivity contribution < 1.29 is 0 Å². The molecule has 1 heterocycles. The van der Waals surface area contributed by atoms with Crippen molar-refractivity contribution in [3.8, 4) is 33.5 Å². The second-order valence-corrected chi connectivity index (χ2v) is 9.51. The van der Waals surface area contributed by atoms with Gasteiger partial charge in [0, 0.05) is 17.1 Å². The lowest BCUT2D eigenvalue weighted by Gasteiger charge is -2.16. The average molecular weight is 392 g/mol. The van der Waals surface area contributed by atoms with Crippen LogP contribution in [0.15, 0.2) is 60.8 Å². The molecule has 0 spiro atoms. The maximum absolute atomic E-state index is 4.90. The summed E-state index contributed by atoms with van der Waals surface area (Å²) < 4.78 is 0. The van der Waals surface area contributed by atoms with Crippen LogP contribution in [0.5, 0.6) is 0 Å². The zero-order chi connectivity index (χ0) is 21.0. The molecule has 4 aromatic rings. The van der Waals surface area contributed by atoms with Crippen molar-refractivity contribution in [2.75, 3.05) is 0 Å². The SMILES string of the molecule is Cc1ccc2c(c1)-c1cc(CC(C)C)ccc1-c1cc(C(C)C)cc3ccnc-2c13. The summed E-state index contributed by atoms with van der Waals surface area (Å²) in [5.41, 5.74) is 11.7. The van der Waals surface area contributed by atoms with Crippen molar-refractivity contribution in [1.82, 2.24) is 4.98 Å². The Morgan fingerprint density at radius 2 is 1.50 bits per heavy atom. The molecular weight excluding hydrogens is 362 g/mol. The van der Waals surface area contributed by atoms with Gasteiger partial charge in [-0.25, -0.2) is 0 Å². The maximum Gasteiger partial charge on any atom is 0.0792 e. The molecule has 1 aromatic heterocycles. The lowest BCUT2D eigenvalue weighted by molar-refractivity contribution is 0.647. The zero-order valence-electron chi connectivity index (χ0n) is 18.6. The van der Waals surface area contributed by atoms with Crippen molar-refractivity contribution in [2.45, 2.75) is 47.0 Å². The second kappa shape index (κ2) is 7.09. The summed E-state index contributed by atoms with van der Waals surface area (Å²) in [4.78, 5) is 4.90. The highest BCUT2D eigenvalue weighted by Gasteiger charge is 2.23. The molecule has 0 N–H and O–H groups in total. The number of benzene rings is 3. The molecule has 0 amide bonds. The van der Waals surface area contributed by atoms with E-state index in [0.29, 0.717) is 11.8 Å². The Balaban J connectivity index is 1.93. The predicted molar refractivity (Wildman–Crippen MR) is 129 cm³/mol. The van der Waals surface area contributed by atoms with Crippen LogP contribution in [0.1, 0.15) is 50.3 Å². The van der Waals surface area contributed by atoms with Gasteiger partial charge in [0.25, 0.3) is 0 Å². The minimum atomic E-state index is 0.485. The van der Waals surface area contributed by atoms with Crippen LogP contribution in [0.4, 0.5) is 0 Å². The number of pyridine rings is 1. The minimum absolute atomic E-state index is 0.485. The van der Waals surface area contributed by atoms with Crippen molar-refractivity contribution >= 4 is 10.8 Å². The van der Waals surface area contributed by atoms with Crippen molar-refractivity contribution in [3.05, 3.63) is 77.5 Å². The number of nitrogens with zero attached hydrogens (tertiary/aromatic N) is 1. The number of hydrogen-bond donors (Lipinski definition) is 0. The van der Waals surface area contributed by atoms with E-state index >= 15 is 0 Å². The molecule has 1 aliphatic carbocycles. The molecule has 1 heteroatoms. The van der Waals surface area contributed by atoms with Gasteiger partial charge in [0.15, 0.2) is 0 Å². The van der Waals surface area contributed by atoms with E-state index in [4.69, 9.17) is 4.98 Å². The summed E-state index contributed by atoms with van der Waals surface area (Å²) in [6.45, 7) is 11.3. The molecular formula is C29H29N. The van der Waals surface area contributed by atoms with Gasteiger partial charge in [-0.3, -0.25) is 4.98 Å². The van der Waals surface area contributed by atoms with Crippen LogP contribution in [0.2, 0.25) is 0 Å². The molecule has 1 aliphatic rings. The first-order chi connectivity index (χ1) is 14.4. The standard InChI is InChI=1S/C29H29N/c1-17(2)12-20-7-9-23-26(14-20)25-13-19(5)6-8-24(25)29-28-21(10-11-30-29)15-22(18(3)4)16-27(23)28/h6-11,13-18H,12H2,1-5H3. The average Bonchev–Trinajstić information content (AvgIpc) is 2.82. The lowest BCUT2D eigenvalue weighted by atomic mass is 9.88.